The maximum absolute atomic E-state index is 13.1. The number of nitrogens with zero attached hydrogens (tertiary/aromatic N) is 2. The van der Waals surface area contributed by atoms with Gasteiger partial charge in [-0.2, -0.15) is 0 Å². The van der Waals surface area contributed by atoms with E-state index in [1.54, 1.807) is 0 Å². The Labute approximate surface area is 280 Å². The molecule has 1 aromatic carbocycles. The van der Waals surface area contributed by atoms with Crippen molar-refractivity contribution in [2.75, 3.05) is 44.7 Å². The molecule has 1 saturated carbocycles. The van der Waals surface area contributed by atoms with Gasteiger partial charge in [0.05, 0.1) is 11.6 Å². The number of benzene rings is 1. The molecule has 5 aliphatic rings. The normalized spacial score (nSPS) is 42.0. The maximum atomic E-state index is 13.1. The van der Waals surface area contributed by atoms with Gasteiger partial charge in [-0.25, -0.2) is 0 Å². The predicted molar refractivity (Wildman–Crippen MR) is 186 cm³/mol. The van der Waals surface area contributed by atoms with Gasteiger partial charge in [-0.1, -0.05) is 32.1 Å². The lowest BCUT2D eigenvalue weighted by Gasteiger charge is -2.58. The highest BCUT2D eigenvalue weighted by molar-refractivity contribution is 5.76. The Morgan fingerprint density at radius 3 is 2.60 bits per heavy atom. The van der Waals surface area contributed by atoms with Crippen LogP contribution < -0.4 is 10.2 Å². The molecule has 1 aromatic heterocycles. The van der Waals surface area contributed by atoms with Crippen molar-refractivity contribution < 1.29 is 20.1 Å². The summed E-state index contributed by atoms with van der Waals surface area (Å²) in [4.78, 5) is 21.4. The zero-order chi connectivity index (χ0) is 33.6. The van der Waals surface area contributed by atoms with Gasteiger partial charge in [0.2, 0.25) is 0 Å². The number of anilines is 1. The highest BCUT2D eigenvalue weighted by atomic mass is 16.4. The minimum absolute atomic E-state index is 0.325. The second-order valence-electron chi connectivity index (χ2n) is 16.4. The van der Waals surface area contributed by atoms with Crippen molar-refractivity contribution in [3.8, 4) is 0 Å². The molecule has 1 spiro atoms. The molecule has 9 atom stereocenters. The number of piperidine rings is 1. The summed E-state index contributed by atoms with van der Waals surface area (Å²) in [6.45, 7) is 15.1. The first-order chi connectivity index (χ1) is 22.3. The maximum Gasteiger partial charge on any atom is 0.167 e. The highest BCUT2D eigenvalue weighted by Gasteiger charge is 2.69. The van der Waals surface area contributed by atoms with Crippen LogP contribution in [0, 0.1) is 25.2 Å². The van der Waals surface area contributed by atoms with Gasteiger partial charge in [-0.05, 0) is 112 Å². The number of aromatic nitrogens is 1. The van der Waals surface area contributed by atoms with Crippen LogP contribution in [-0.4, -0.2) is 94.6 Å². The van der Waals surface area contributed by atoms with Gasteiger partial charge in [-0.15, -0.1) is 0 Å². The van der Waals surface area contributed by atoms with Gasteiger partial charge in [0, 0.05) is 67.0 Å². The predicted octanol–water partition coefficient (Wildman–Crippen LogP) is 4.04. The van der Waals surface area contributed by atoms with Crippen LogP contribution in [-0.2, 0) is 22.0 Å². The molecular formula is C39H56N4O4. The summed E-state index contributed by atoms with van der Waals surface area (Å²) in [5.74, 6) is 0.325. The van der Waals surface area contributed by atoms with Crippen molar-refractivity contribution in [2.24, 2.45) is 11.3 Å². The van der Waals surface area contributed by atoms with Crippen LogP contribution in [0.1, 0.15) is 92.8 Å². The van der Waals surface area contributed by atoms with Crippen LogP contribution in [0.4, 0.5) is 5.69 Å². The van der Waals surface area contributed by atoms with Crippen LogP contribution in [0.3, 0.4) is 0 Å². The Morgan fingerprint density at radius 1 is 1.09 bits per heavy atom. The molecule has 7 rings (SSSR count). The Balaban J connectivity index is 1.45. The van der Waals surface area contributed by atoms with Crippen molar-refractivity contribution in [3.63, 3.8) is 0 Å². The number of aromatic amines is 1. The van der Waals surface area contributed by atoms with E-state index in [4.69, 9.17) is 0 Å². The van der Waals surface area contributed by atoms with Crippen LogP contribution in [0.2, 0.25) is 0 Å². The third kappa shape index (κ3) is 4.68. The number of H-pyrrole nitrogens is 1. The number of carbonyl (C=O) groups excluding carboxylic acids is 1. The number of aliphatic hydroxyl groups excluding tert-OH is 1. The summed E-state index contributed by atoms with van der Waals surface area (Å²) in [6, 6.07) is 4.11. The van der Waals surface area contributed by atoms with Crippen molar-refractivity contribution in [1.29, 1.82) is 0 Å². The van der Waals surface area contributed by atoms with Gasteiger partial charge in [-0.3, -0.25) is 9.69 Å². The lowest BCUT2D eigenvalue weighted by Crippen LogP contribution is -2.73. The fourth-order valence-corrected chi connectivity index (χ4v) is 11.4. The molecule has 2 unspecified atom stereocenters. The van der Waals surface area contributed by atoms with Crippen LogP contribution in [0.5, 0.6) is 0 Å². The Hall–Kier alpha value is -2.49. The molecule has 1 aliphatic carbocycles. The van der Waals surface area contributed by atoms with E-state index in [1.807, 2.05) is 7.05 Å². The fourth-order valence-electron chi connectivity index (χ4n) is 11.4. The van der Waals surface area contributed by atoms with E-state index in [2.05, 4.69) is 85.2 Å². The first kappa shape index (κ1) is 33.0. The third-order valence-electron chi connectivity index (χ3n) is 13.6. The SMILES string of the molecule is CC[C@]1(O)CC2CN(CCc3c(C)c[nH]c3[C@@](C)(c3cc4c(cc3C)N(C)[C@@H]3[C@]45CCNC/C=C\[C@](CC)(C5)[C@@H](O)[C@]3(O)C=O)C2)C1. The fraction of sp³-hybridized carbons (Fsp3) is 0.667. The molecule has 1 saturated heterocycles. The summed E-state index contributed by atoms with van der Waals surface area (Å²) in [7, 11) is 1.99. The Kier molecular flexibility index (Phi) is 7.92. The highest BCUT2D eigenvalue weighted by Crippen LogP contribution is 2.63. The van der Waals surface area contributed by atoms with E-state index in [1.165, 1.54) is 33.5 Å². The van der Waals surface area contributed by atoms with Crippen molar-refractivity contribution in [2.45, 2.75) is 114 Å². The number of aldehydes is 1. The minimum Gasteiger partial charge on any atom is -0.389 e. The molecule has 256 valence electrons. The summed E-state index contributed by atoms with van der Waals surface area (Å²) >= 11 is 0. The smallest absolute Gasteiger partial charge is 0.167 e. The number of aliphatic hydroxyl groups is 3. The molecular weight excluding hydrogens is 588 g/mol. The summed E-state index contributed by atoms with van der Waals surface area (Å²) in [6.07, 6.45) is 11.1. The van der Waals surface area contributed by atoms with Gasteiger partial charge in [0.15, 0.2) is 11.9 Å². The number of likely N-dealkylation sites (N-methyl/N-ethyl adjacent to an activating group) is 1. The molecule has 5 heterocycles. The number of hydrogen-bond acceptors (Lipinski definition) is 7. The number of aryl methyl sites for hydroxylation is 2. The summed E-state index contributed by atoms with van der Waals surface area (Å²) < 4.78 is 0. The topological polar surface area (TPSA) is 112 Å². The number of fused-ring (bicyclic) bond motifs is 5. The molecule has 0 amide bonds. The largest absolute Gasteiger partial charge is 0.389 e. The lowest BCUT2D eigenvalue weighted by atomic mass is 9.50. The summed E-state index contributed by atoms with van der Waals surface area (Å²) in [5.41, 5.74) is 4.34. The average molecular weight is 645 g/mol. The standard InChI is InChI=1S/C39H56N4O4/c1-7-36-11-9-13-40-14-12-38(22-36)30-17-29(25(3)16-31(30)42(6)33(38)39(47,24-44)34(36)45)35(5)18-27-19-37(46,8-2)23-43(21-27)15-10-28-26(4)20-41-32(28)35/h9,11,16-17,20,24,27,33-34,40-41,45-47H,7-8,10,12-15,18-19,21-23H2,1-6H3/b11-9-/t27?,33-,34-,35-,36-,37+,38+,39+/m1/s1. The Bertz CT molecular complexity index is 1590. The van der Waals surface area contributed by atoms with Gasteiger partial charge < -0.3 is 30.5 Å². The van der Waals surface area contributed by atoms with Crippen molar-refractivity contribution in [1.82, 2.24) is 15.2 Å². The second kappa shape index (κ2) is 11.3. The molecule has 8 nitrogen and oxygen atoms in total. The molecule has 4 bridgehead atoms. The first-order valence-corrected chi connectivity index (χ1v) is 18.1. The minimum atomic E-state index is -1.94. The molecule has 4 aliphatic heterocycles. The van der Waals surface area contributed by atoms with E-state index in [0.29, 0.717) is 31.6 Å². The van der Waals surface area contributed by atoms with Gasteiger partial charge in [0.25, 0.3) is 0 Å². The number of rotatable bonds is 4. The van der Waals surface area contributed by atoms with E-state index in [-0.39, 0.29) is 5.41 Å². The van der Waals surface area contributed by atoms with Crippen LogP contribution in [0.15, 0.2) is 30.5 Å². The Morgan fingerprint density at radius 2 is 1.87 bits per heavy atom. The van der Waals surface area contributed by atoms with Crippen molar-refractivity contribution >= 4 is 12.0 Å². The lowest BCUT2D eigenvalue weighted by molar-refractivity contribution is -0.179. The number of nitrogens with one attached hydrogen (secondary N) is 2. The molecule has 2 aromatic rings. The third-order valence-corrected chi connectivity index (χ3v) is 13.6. The molecule has 2 fully saturated rings. The van der Waals surface area contributed by atoms with Gasteiger partial charge in [0.1, 0.15) is 6.10 Å². The number of hydrogen-bond donors (Lipinski definition) is 5. The molecule has 5 N–H and O–H groups in total. The first-order valence-electron chi connectivity index (χ1n) is 18.1. The second-order valence-corrected chi connectivity index (χ2v) is 16.4. The van der Waals surface area contributed by atoms with Gasteiger partial charge >= 0.3 is 0 Å². The van der Waals surface area contributed by atoms with E-state index >= 15 is 0 Å². The monoisotopic (exact) mass is 644 g/mol. The van der Waals surface area contributed by atoms with Crippen LogP contribution in [0.25, 0.3) is 0 Å². The number of carbonyl (C=O) groups is 1. The molecule has 47 heavy (non-hydrogen) atoms. The molecule has 0 radical (unpaired) electrons. The van der Waals surface area contributed by atoms with Crippen molar-refractivity contribution in [3.05, 3.63) is 64.0 Å². The average Bonchev–Trinajstić information content (AvgIpc) is 3.56. The van der Waals surface area contributed by atoms with E-state index in [0.717, 1.165) is 64.0 Å². The van der Waals surface area contributed by atoms with Crippen LogP contribution >= 0.6 is 0 Å². The summed E-state index contributed by atoms with van der Waals surface area (Å²) in [5, 5.41) is 39.5. The van der Waals surface area contributed by atoms with E-state index in [9.17, 15) is 20.1 Å². The zero-order valence-corrected chi connectivity index (χ0v) is 29.3. The molecule has 8 heteroatoms. The zero-order valence-electron chi connectivity index (χ0n) is 29.3. The quantitative estimate of drug-likeness (QED) is 0.252. The van der Waals surface area contributed by atoms with E-state index < -0.39 is 34.2 Å².